The molecule has 2 amide bonds. The van der Waals surface area contributed by atoms with Gasteiger partial charge in [0.15, 0.2) is 0 Å². The second kappa shape index (κ2) is 6.84. The van der Waals surface area contributed by atoms with E-state index in [9.17, 15) is 4.79 Å². The Bertz CT molecular complexity index is 635. The van der Waals surface area contributed by atoms with Crippen LogP contribution in [0.4, 0.5) is 10.5 Å². The van der Waals surface area contributed by atoms with Crippen LogP contribution in [-0.2, 0) is 0 Å². The quantitative estimate of drug-likeness (QED) is 0.847. The summed E-state index contributed by atoms with van der Waals surface area (Å²) < 4.78 is 1.56. The number of carbonyl (C=O) groups excluding carboxylic acids is 1. The highest BCUT2D eigenvalue weighted by molar-refractivity contribution is 5.89. The van der Waals surface area contributed by atoms with Crippen molar-refractivity contribution in [2.24, 2.45) is 5.92 Å². The Balaban J connectivity index is 1.50. The third-order valence-electron chi connectivity index (χ3n) is 3.67. The molecule has 0 radical (unpaired) electrons. The Morgan fingerprint density at radius 1 is 1.27 bits per heavy atom. The van der Waals surface area contributed by atoms with E-state index in [1.807, 2.05) is 24.3 Å². The molecule has 114 valence electrons. The van der Waals surface area contributed by atoms with Crippen molar-refractivity contribution < 1.29 is 4.79 Å². The van der Waals surface area contributed by atoms with Crippen molar-refractivity contribution in [1.82, 2.24) is 25.5 Å². The van der Waals surface area contributed by atoms with Crippen LogP contribution in [0.15, 0.2) is 42.7 Å². The van der Waals surface area contributed by atoms with Gasteiger partial charge in [-0.1, -0.05) is 12.2 Å². The molecule has 0 saturated heterocycles. The number of allylic oxidation sites excluding steroid dienone is 2. The number of nitrogens with zero attached hydrogens (tertiary/aromatic N) is 4. The average Bonchev–Trinajstić information content (AvgIpc) is 3.09. The first-order valence-corrected chi connectivity index (χ1v) is 7.34. The number of hydrogen-bond donors (Lipinski definition) is 2. The van der Waals surface area contributed by atoms with Gasteiger partial charge in [0.2, 0.25) is 0 Å². The fourth-order valence-electron chi connectivity index (χ4n) is 2.43. The van der Waals surface area contributed by atoms with Gasteiger partial charge in [-0.25, -0.2) is 9.48 Å². The van der Waals surface area contributed by atoms with Crippen molar-refractivity contribution in [2.45, 2.75) is 19.3 Å². The predicted molar refractivity (Wildman–Crippen MR) is 82.7 cm³/mol. The SMILES string of the molecule is O=C(NCC1CC=CCC1)Nc1ccc(-n2cnnn2)cc1. The molecule has 0 aliphatic heterocycles. The van der Waals surface area contributed by atoms with Gasteiger partial charge in [-0.15, -0.1) is 5.10 Å². The minimum Gasteiger partial charge on any atom is -0.338 e. The van der Waals surface area contributed by atoms with Crippen LogP contribution < -0.4 is 10.6 Å². The number of tetrazole rings is 1. The van der Waals surface area contributed by atoms with Crippen molar-refractivity contribution in [2.75, 3.05) is 11.9 Å². The molecule has 0 fully saturated rings. The highest BCUT2D eigenvalue weighted by Gasteiger charge is 2.11. The monoisotopic (exact) mass is 298 g/mol. The number of nitrogens with one attached hydrogen (secondary N) is 2. The third kappa shape index (κ3) is 3.69. The molecule has 1 unspecified atom stereocenters. The van der Waals surface area contributed by atoms with Gasteiger partial charge in [0.25, 0.3) is 0 Å². The van der Waals surface area contributed by atoms with Crippen LogP contribution in [0.2, 0.25) is 0 Å². The summed E-state index contributed by atoms with van der Waals surface area (Å²) in [6.45, 7) is 0.707. The first kappa shape index (κ1) is 14.2. The Labute approximate surface area is 128 Å². The normalized spacial score (nSPS) is 17.2. The maximum Gasteiger partial charge on any atom is 0.319 e. The third-order valence-corrected chi connectivity index (χ3v) is 3.67. The van der Waals surface area contributed by atoms with Crippen LogP contribution in [0.5, 0.6) is 0 Å². The highest BCUT2D eigenvalue weighted by atomic mass is 16.2. The lowest BCUT2D eigenvalue weighted by molar-refractivity contribution is 0.249. The summed E-state index contributed by atoms with van der Waals surface area (Å²) in [7, 11) is 0. The molecule has 1 aromatic heterocycles. The zero-order valence-corrected chi connectivity index (χ0v) is 12.1. The van der Waals surface area contributed by atoms with Gasteiger partial charge >= 0.3 is 6.03 Å². The van der Waals surface area contributed by atoms with E-state index in [2.05, 4.69) is 38.3 Å². The second-order valence-electron chi connectivity index (χ2n) is 5.29. The Morgan fingerprint density at radius 3 is 2.82 bits per heavy atom. The van der Waals surface area contributed by atoms with E-state index in [-0.39, 0.29) is 6.03 Å². The summed E-state index contributed by atoms with van der Waals surface area (Å²) >= 11 is 0. The fraction of sp³-hybridized carbons (Fsp3) is 0.333. The van der Waals surface area contributed by atoms with E-state index >= 15 is 0 Å². The van der Waals surface area contributed by atoms with Crippen molar-refractivity contribution in [3.63, 3.8) is 0 Å². The summed E-state index contributed by atoms with van der Waals surface area (Å²) in [4.78, 5) is 11.9. The van der Waals surface area contributed by atoms with Gasteiger partial charge in [-0.05, 0) is 59.9 Å². The van der Waals surface area contributed by atoms with Gasteiger partial charge in [-0.3, -0.25) is 0 Å². The second-order valence-corrected chi connectivity index (χ2v) is 5.29. The Morgan fingerprint density at radius 2 is 2.14 bits per heavy atom. The Hall–Kier alpha value is -2.70. The van der Waals surface area contributed by atoms with E-state index < -0.39 is 0 Å². The van der Waals surface area contributed by atoms with Crippen molar-refractivity contribution in [3.8, 4) is 5.69 Å². The molecule has 0 spiro atoms. The maximum absolute atomic E-state index is 11.9. The van der Waals surface area contributed by atoms with Crippen LogP contribution in [-0.4, -0.2) is 32.8 Å². The largest absolute Gasteiger partial charge is 0.338 e. The molecule has 7 heteroatoms. The summed E-state index contributed by atoms with van der Waals surface area (Å²) in [6, 6.07) is 7.15. The molecule has 22 heavy (non-hydrogen) atoms. The van der Waals surface area contributed by atoms with Crippen molar-refractivity contribution in [1.29, 1.82) is 0 Å². The molecule has 1 heterocycles. The molecule has 1 aliphatic rings. The van der Waals surface area contributed by atoms with E-state index in [1.54, 1.807) is 4.68 Å². The van der Waals surface area contributed by atoms with E-state index in [0.29, 0.717) is 12.5 Å². The fourth-order valence-corrected chi connectivity index (χ4v) is 2.43. The zero-order valence-electron chi connectivity index (χ0n) is 12.1. The minimum atomic E-state index is -0.176. The molecular weight excluding hydrogens is 280 g/mol. The van der Waals surface area contributed by atoms with Gasteiger partial charge < -0.3 is 10.6 Å². The number of aromatic nitrogens is 4. The van der Waals surface area contributed by atoms with Crippen LogP contribution in [0.1, 0.15) is 19.3 Å². The van der Waals surface area contributed by atoms with Gasteiger partial charge in [0.05, 0.1) is 5.69 Å². The number of benzene rings is 1. The topological polar surface area (TPSA) is 84.7 Å². The predicted octanol–water partition coefficient (Wildman–Crippen LogP) is 2.14. The number of carbonyl (C=O) groups is 1. The lowest BCUT2D eigenvalue weighted by atomic mass is 9.94. The molecular formula is C15H18N6O. The molecule has 2 N–H and O–H groups in total. The maximum atomic E-state index is 11.9. The molecule has 2 aromatic rings. The number of amides is 2. The van der Waals surface area contributed by atoms with Crippen LogP contribution in [0.3, 0.4) is 0 Å². The number of anilines is 1. The van der Waals surface area contributed by atoms with E-state index in [4.69, 9.17) is 0 Å². The van der Waals surface area contributed by atoms with Crippen LogP contribution in [0.25, 0.3) is 5.69 Å². The van der Waals surface area contributed by atoms with Gasteiger partial charge in [0, 0.05) is 12.2 Å². The molecule has 0 saturated carbocycles. The van der Waals surface area contributed by atoms with E-state index in [1.165, 1.54) is 6.33 Å². The zero-order chi connectivity index (χ0) is 15.2. The van der Waals surface area contributed by atoms with Crippen molar-refractivity contribution in [3.05, 3.63) is 42.7 Å². The first-order chi connectivity index (χ1) is 10.8. The minimum absolute atomic E-state index is 0.176. The summed E-state index contributed by atoms with van der Waals surface area (Å²) in [5, 5.41) is 16.7. The van der Waals surface area contributed by atoms with Crippen LogP contribution >= 0.6 is 0 Å². The summed E-state index contributed by atoms with van der Waals surface area (Å²) in [5.41, 5.74) is 1.57. The molecule has 0 bridgehead atoms. The standard InChI is InChI=1S/C15H18N6O/c22-15(16-10-12-4-2-1-3-5-12)18-13-6-8-14(9-7-13)21-11-17-19-20-21/h1-2,6-9,11-12H,3-5,10H2,(H2,16,18,22). The number of rotatable bonds is 4. The molecule has 3 rings (SSSR count). The Kier molecular flexibility index (Phi) is 4.43. The molecule has 1 atom stereocenters. The lowest BCUT2D eigenvalue weighted by Gasteiger charge is -2.18. The summed E-state index contributed by atoms with van der Waals surface area (Å²) in [6.07, 6.45) is 9.19. The molecule has 7 nitrogen and oxygen atoms in total. The van der Waals surface area contributed by atoms with Crippen LogP contribution in [0, 0.1) is 5.92 Å². The van der Waals surface area contributed by atoms with Gasteiger partial charge in [-0.2, -0.15) is 0 Å². The van der Waals surface area contributed by atoms with Crippen molar-refractivity contribution >= 4 is 11.7 Å². The highest BCUT2D eigenvalue weighted by Crippen LogP contribution is 2.17. The summed E-state index contributed by atoms with van der Waals surface area (Å²) in [5.74, 6) is 0.540. The van der Waals surface area contributed by atoms with E-state index in [0.717, 1.165) is 30.6 Å². The molecule has 1 aliphatic carbocycles. The number of urea groups is 1. The van der Waals surface area contributed by atoms with Gasteiger partial charge in [0.1, 0.15) is 6.33 Å². The first-order valence-electron chi connectivity index (χ1n) is 7.34. The lowest BCUT2D eigenvalue weighted by Crippen LogP contribution is -2.33. The smallest absolute Gasteiger partial charge is 0.319 e. The number of hydrogen-bond acceptors (Lipinski definition) is 4. The molecule has 1 aromatic carbocycles. The average molecular weight is 298 g/mol.